The summed E-state index contributed by atoms with van der Waals surface area (Å²) in [6.07, 6.45) is 0.0591. The van der Waals surface area contributed by atoms with Crippen LogP contribution >= 0.6 is 0 Å². The summed E-state index contributed by atoms with van der Waals surface area (Å²) in [4.78, 5) is 10.2. The van der Waals surface area contributed by atoms with Gasteiger partial charge in [0.25, 0.3) is 0 Å². The van der Waals surface area contributed by atoms with Crippen molar-refractivity contribution in [3.05, 3.63) is 65.7 Å². The largest absolute Gasteiger partial charge is 0.452 e. The molecule has 3 rings (SSSR count). The third kappa shape index (κ3) is 2.94. The molecule has 0 saturated carbocycles. The monoisotopic (exact) mass is 424 g/mol. The molecule has 0 N–H and O–H groups in total. The van der Waals surface area contributed by atoms with Crippen molar-refractivity contribution in [2.75, 3.05) is 0 Å². The van der Waals surface area contributed by atoms with Gasteiger partial charge < -0.3 is 4.74 Å². The van der Waals surface area contributed by atoms with Gasteiger partial charge in [0.2, 0.25) is 19.7 Å². The molecule has 0 fully saturated rings. The number of sulfone groups is 2. The van der Waals surface area contributed by atoms with Crippen molar-refractivity contribution in [3.8, 4) is 0 Å². The molecule has 1 aliphatic heterocycles. The topological polar surface area (TPSA) is 94.6 Å². The van der Waals surface area contributed by atoms with Crippen molar-refractivity contribution in [1.29, 1.82) is 0 Å². The SMILES string of the molecule is CC(=O)OC(/C=C/c1ccc(C)cc1)C1(F)S(=O)(=O)c2ccccc2S1(=O)=O. The number of benzene rings is 2. The Morgan fingerprint density at radius 3 is 1.96 bits per heavy atom. The van der Waals surface area contributed by atoms with Crippen LogP contribution in [0.1, 0.15) is 18.1 Å². The third-order valence-corrected chi connectivity index (χ3v) is 9.58. The number of hydrogen-bond acceptors (Lipinski definition) is 6. The molecule has 9 heteroatoms. The van der Waals surface area contributed by atoms with E-state index in [2.05, 4.69) is 0 Å². The number of fused-ring (bicyclic) bond motifs is 1. The molecule has 6 nitrogen and oxygen atoms in total. The van der Waals surface area contributed by atoms with E-state index >= 15 is 4.39 Å². The highest BCUT2D eigenvalue weighted by atomic mass is 32.3. The van der Waals surface area contributed by atoms with Crippen molar-refractivity contribution in [2.24, 2.45) is 0 Å². The Morgan fingerprint density at radius 1 is 1.00 bits per heavy atom. The minimum atomic E-state index is -4.99. The molecular weight excluding hydrogens is 407 g/mol. The molecule has 1 unspecified atom stereocenters. The number of carbonyl (C=O) groups excluding carboxylic acids is 1. The fourth-order valence-corrected chi connectivity index (χ4v) is 7.92. The molecular formula is C19H17FO6S2. The van der Waals surface area contributed by atoms with E-state index in [9.17, 15) is 21.6 Å². The number of aryl methyl sites for hydroxylation is 1. The van der Waals surface area contributed by atoms with E-state index in [1.54, 1.807) is 24.3 Å². The molecule has 1 heterocycles. The minimum Gasteiger partial charge on any atom is -0.452 e. The van der Waals surface area contributed by atoms with Crippen LogP contribution in [-0.4, -0.2) is 33.2 Å². The molecule has 1 atom stereocenters. The lowest BCUT2D eigenvalue weighted by atomic mass is 10.1. The van der Waals surface area contributed by atoms with E-state index in [4.69, 9.17) is 4.74 Å². The lowest BCUT2D eigenvalue weighted by molar-refractivity contribution is -0.146. The second kappa shape index (κ2) is 6.82. The van der Waals surface area contributed by atoms with Gasteiger partial charge in [-0.2, -0.15) is 0 Å². The predicted molar refractivity (Wildman–Crippen MR) is 100 cm³/mol. The predicted octanol–water partition coefficient (Wildman–Crippen LogP) is 2.82. The first kappa shape index (κ1) is 20.2. The second-order valence-corrected chi connectivity index (χ2v) is 10.7. The minimum absolute atomic E-state index is 0.552. The van der Waals surface area contributed by atoms with Gasteiger partial charge >= 0.3 is 10.3 Å². The molecule has 0 amide bonds. The van der Waals surface area contributed by atoms with Crippen molar-refractivity contribution in [1.82, 2.24) is 0 Å². The highest BCUT2D eigenvalue weighted by Crippen LogP contribution is 2.49. The van der Waals surface area contributed by atoms with Gasteiger partial charge in [0.1, 0.15) is 0 Å². The second-order valence-electron chi connectivity index (χ2n) is 6.34. The van der Waals surface area contributed by atoms with Crippen LogP contribution in [0.25, 0.3) is 6.08 Å². The maximum absolute atomic E-state index is 15.9. The molecule has 0 aromatic heterocycles. The fraction of sp³-hybridized carbons (Fsp3) is 0.211. The Balaban J connectivity index is 2.17. The molecule has 0 saturated heterocycles. The summed E-state index contributed by atoms with van der Waals surface area (Å²) >= 11 is 0. The number of halogens is 1. The maximum atomic E-state index is 15.9. The summed E-state index contributed by atoms with van der Waals surface area (Å²) in [7, 11) is -9.99. The number of esters is 1. The molecule has 0 radical (unpaired) electrons. The van der Waals surface area contributed by atoms with Crippen LogP contribution in [0.3, 0.4) is 0 Å². The summed E-state index contributed by atoms with van der Waals surface area (Å²) in [5.74, 6) is -1.02. The van der Waals surface area contributed by atoms with Crippen LogP contribution in [0.4, 0.5) is 4.39 Å². The van der Waals surface area contributed by atoms with Gasteiger partial charge in [-0.05, 0) is 30.7 Å². The van der Waals surface area contributed by atoms with E-state index in [0.29, 0.717) is 5.56 Å². The van der Waals surface area contributed by atoms with Crippen LogP contribution in [-0.2, 0) is 29.2 Å². The standard InChI is InChI=1S/C19H17FO6S2/c1-13-7-9-15(10-8-13)11-12-18(26-14(2)21)19(20)27(22,23)16-5-3-4-6-17(16)28(19,24)25/h3-12,18H,1-2H3/b12-11+. The van der Waals surface area contributed by atoms with Crippen LogP contribution < -0.4 is 0 Å². The van der Waals surface area contributed by atoms with Gasteiger partial charge in [-0.1, -0.05) is 48.0 Å². The van der Waals surface area contributed by atoms with Crippen LogP contribution in [0.5, 0.6) is 0 Å². The highest BCUT2D eigenvalue weighted by Gasteiger charge is 2.69. The van der Waals surface area contributed by atoms with Crippen molar-refractivity contribution < 1.29 is 30.8 Å². The zero-order valence-electron chi connectivity index (χ0n) is 15.0. The van der Waals surface area contributed by atoms with E-state index in [-0.39, 0.29) is 0 Å². The normalized spacial score (nSPS) is 19.8. The summed E-state index contributed by atoms with van der Waals surface area (Å²) in [5.41, 5.74) is 1.52. The third-order valence-electron chi connectivity index (χ3n) is 4.33. The van der Waals surface area contributed by atoms with Crippen LogP contribution in [0.2, 0.25) is 0 Å². The lowest BCUT2D eigenvalue weighted by Gasteiger charge is -2.25. The van der Waals surface area contributed by atoms with Gasteiger partial charge in [0, 0.05) is 6.92 Å². The van der Waals surface area contributed by atoms with Gasteiger partial charge in [-0.25, -0.2) is 21.2 Å². The molecule has 0 spiro atoms. The Labute approximate surface area is 162 Å². The van der Waals surface area contributed by atoms with Crippen molar-refractivity contribution >= 4 is 31.7 Å². The van der Waals surface area contributed by atoms with E-state index in [1.165, 1.54) is 18.2 Å². The van der Waals surface area contributed by atoms with Crippen LogP contribution in [0.15, 0.2) is 64.4 Å². The average molecular weight is 424 g/mol. The van der Waals surface area contributed by atoms with Gasteiger partial charge in [0.15, 0.2) is 6.10 Å². The van der Waals surface area contributed by atoms with Gasteiger partial charge in [-0.3, -0.25) is 4.79 Å². The average Bonchev–Trinajstić information content (AvgIpc) is 2.76. The quantitative estimate of drug-likeness (QED) is 0.701. The Morgan fingerprint density at radius 2 is 1.50 bits per heavy atom. The van der Waals surface area contributed by atoms with E-state index in [0.717, 1.165) is 30.7 Å². The summed E-state index contributed by atoms with van der Waals surface area (Å²) in [5, 5.41) is 0. The molecule has 0 aliphatic carbocycles. The van der Waals surface area contributed by atoms with Gasteiger partial charge in [0.05, 0.1) is 9.79 Å². The Bertz CT molecular complexity index is 1110. The maximum Gasteiger partial charge on any atom is 0.357 e. The Kier molecular flexibility index (Phi) is 4.93. The van der Waals surface area contributed by atoms with Crippen LogP contribution in [0, 0.1) is 6.92 Å². The molecule has 148 valence electrons. The number of ether oxygens (including phenoxy) is 1. The molecule has 1 aliphatic rings. The first-order valence-electron chi connectivity index (χ1n) is 8.21. The van der Waals surface area contributed by atoms with Crippen molar-refractivity contribution in [3.63, 3.8) is 0 Å². The van der Waals surface area contributed by atoms with E-state index < -0.39 is 45.9 Å². The number of rotatable bonds is 4. The molecule has 0 bridgehead atoms. The number of hydrogen-bond donors (Lipinski definition) is 0. The zero-order chi connectivity index (χ0) is 20.7. The Hall–Kier alpha value is -2.52. The van der Waals surface area contributed by atoms with Gasteiger partial charge in [-0.15, -0.1) is 0 Å². The summed E-state index contributed by atoms with van der Waals surface area (Å²) in [6, 6.07) is 11.5. The first-order chi connectivity index (χ1) is 13.0. The highest BCUT2D eigenvalue weighted by molar-refractivity contribution is 8.12. The summed E-state index contributed by atoms with van der Waals surface area (Å²) < 4.78 is 68.2. The summed E-state index contributed by atoms with van der Waals surface area (Å²) in [6.45, 7) is 2.80. The first-order valence-corrected chi connectivity index (χ1v) is 11.2. The van der Waals surface area contributed by atoms with E-state index in [1.807, 2.05) is 6.92 Å². The molecule has 28 heavy (non-hydrogen) atoms. The zero-order valence-corrected chi connectivity index (χ0v) is 16.6. The van der Waals surface area contributed by atoms with Crippen molar-refractivity contribution in [2.45, 2.75) is 34.1 Å². The fourth-order valence-electron chi connectivity index (χ4n) is 2.92. The lowest BCUT2D eigenvalue weighted by Crippen LogP contribution is -2.48. The smallest absolute Gasteiger partial charge is 0.357 e. The number of carbonyl (C=O) groups is 1. The number of alkyl halides is 1. The molecule has 2 aromatic rings. The molecule has 2 aromatic carbocycles.